The number of nitrogens with one attached hydrogen (secondary N) is 1. The molecule has 1 amide bonds. The summed E-state index contributed by atoms with van der Waals surface area (Å²) in [5.74, 6) is -0.927. The molecule has 1 heterocycles. The second-order valence-corrected chi connectivity index (χ2v) is 4.72. The normalized spacial score (nSPS) is 21.5. The first-order valence-electron chi connectivity index (χ1n) is 5.09. The average molecular weight is 256 g/mol. The average Bonchev–Trinajstić information content (AvgIpc) is 2.62. The van der Waals surface area contributed by atoms with Crippen LogP contribution in [0.1, 0.15) is 12.8 Å². The van der Waals surface area contributed by atoms with Crippen LogP contribution in [0.4, 0.5) is 13.2 Å². The predicted molar refractivity (Wildman–Crippen MR) is 57.2 cm³/mol. The van der Waals surface area contributed by atoms with Gasteiger partial charge in [-0.1, -0.05) is 0 Å². The number of rotatable bonds is 4. The van der Waals surface area contributed by atoms with Gasteiger partial charge in [-0.25, -0.2) is 0 Å². The van der Waals surface area contributed by atoms with Gasteiger partial charge in [0.25, 0.3) is 0 Å². The number of thioether (sulfide) groups is 1. The highest BCUT2D eigenvalue weighted by atomic mass is 32.2. The maximum atomic E-state index is 11.9. The lowest BCUT2D eigenvalue weighted by Crippen LogP contribution is -2.42. The smallest absolute Gasteiger partial charge is 0.338 e. The zero-order chi connectivity index (χ0) is 12.2. The molecule has 0 aromatic carbocycles. The molecule has 1 aliphatic heterocycles. The molecular formula is C9H15F3N2OS. The maximum absolute atomic E-state index is 11.9. The van der Waals surface area contributed by atoms with E-state index in [1.807, 2.05) is 0 Å². The van der Waals surface area contributed by atoms with Gasteiger partial charge in [0.1, 0.15) is 0 Å². The number of carbonyl (C=O) groups excluding carboxylic acids is 1. The molecule has 0 aromatic heterocycles. The molecule has 0 spiro atoms. The highest BCUT2D eigenvalue weighted by Crippen LogP contribution is 2.30. The van der Waals surface area contributed by atoms with E-state index in [9.17, 15) is 18.0 Å². The summed E-state index contributed by atoms with van der Waals surface area (Å²) in [4.78, 5) is 13.1. The summed E-state index contributed by atoms with van der Waals surface area (Å²) in [6.45, 7) is 1.21. The van der Waals surface area contributed by atoms with Crippen LogP contribution < -0.4 is 5.32 Å². The molecule has 1 saturated heterocycles. The Kier molecular flexibility index (Phi) is 4.91. The van der Waals surface area contributed by atoms with Gasteiger partial charge < -0.3 is 10.2 Å². The lowest BCUT2D eigenvalue weighted by molar-refractivity contribution is -0.129. The summed E-state index contributed by atoms with van der Waals surface area (Å²) in [6, 6.07) is 0.0475. The standard InChI is InChI=1S/C9H15F3N2OS/c1-13-5-7-3-2-4-14(7)8(15)6-16-9(10,11)12/h7,13H,2-6H2,1H3. The van der Waals surface area contributed by atoms with Gasteiger partial charge in [0.15, 0.2) is 0 Å². The van der Waals surface area contributed by atoms with Gasteiger partial charge in [-0.15, -0.1) is 0 Å². The Morgan fingerprint density at radius 1 is 1.56 bits per heavy atom. The number of hydrogen-bond acceptors (Lipinski definition) is 3. The first-order valence-corrected chi connectivity index (χ1v) is 6.07. The van der Waals surface area contributed by atoms with Crippen molar-refractivity contribution >= 4 is 17.7 Å². The van der Waals surface area contributed by atoms with E-state index >= 15 is 0 Å². The highest BCUT2D eigenvalue weighted by Gasteiger charge is 2.33. The Bertz CT molecular complexity index is 247. The van der Waals surface area contributed by atoms with Crippen LogP contribution in [-0.2, 0) is 4.79 Å². The molecular weight excluding hydrogens is 241 g/mol. The summed E-state index contributed by atoms with van der Waals surface area (Å²) in [7, 11) is 1.77. The molecule has 3 nitrogen and oxygen atoms in total. The molecule has 0 bridgehead atoms. The largest absolute Gasteiger partial charge is 0.442 e. The summed E-state index contributed by atoms with van der Waals surface area (Å²) in [6.07, 6.45) is 1.73. The molecule has 7 heteroatoms. The number of likely N-dealkylation sites (tertiary alicyclic amines) is 1. The Balaban J connectivity index is 2.40. The molecule has 0 saturated carbocycles. The Morgan fingerprint density at radius 2 is 2.25 bits per heavy atom. The van der Waals surface area contributed by atoms with E-state index in [1.165, 1.54) is 0 Å². The predicted octanol–water partition coefficient (Wildman–Crippen LogP) is 1.45. The van der Waals surface area contributed by atoms with E-state index < -0.39 is 17.2 Å². The SMILES string of the molecule is CNCC1CCCN1C(=O)CSC(F)(F)F. The van der Waals surface area contributed by atoms with Gasteiger partial charge in [-0.3, -0.25) is 4.79 Å². The molecule has 1 unspecified atom stereocenters. The van der Waals surface area contributed by atoms with Gasteiger partial charge in [0, 0.05) is 19.1 Å². The van der Waals surface area contributed by atoms with Crippen molar-refractivity contribution in [2.45, 2.75) is 24.4 Å². The molecule has 0 aromatic rings. The van der Waals surface area contributed by atoms with E-state index in [1.54, 1.807) is 11.9 Å². The van der Waals surface area contributed by atoms with Gasteiger partial charge >= 0.3 is 5.51 Å². The molecule has 0 radical (unpaired) electrons. The third kappa shape index (κ3) is 4.21. The van der Waals surface area contributed by atoms with Crippen molar-refractivity contribution in [3.63, 3.8) is 0 Å². The molecule has 0 aliphatic carbocycles. The van der Waals surface area contributed by atoms with Crippen molar-refractivity contribution in [1.29, 1.82) is 0 Å². The van der Waals surface area contributed by atoms with E-state index in [4.69, 9.17) is 0 Å². The van der Waals surface area contributed by atoms with Gasteiger partial charge in [0.2, 0.25) is 5.91 Å². The Hall–Kier alpha value is -0.430. The van der Waals surface area contributed by atoms with Crippen molar-refractivity contribution in [1.82, 2.24) is 10.2 Å². The van der Waals surface area contributed by atoms with Crippen molar-refractivity contribution in [2.75, 3.05) is 25.9 Å². The fourth-order valence-corrected chi connectivity index (χ4v) is 2.29. The van der Waals surface area contributed by atoms with Gasteiger partial charge in [0.05, 0.1) is 5.75 Å². The van der Waals surface area contributed by atoms with E-state index in [2.05, 4.69) is 5.32 Å². The number of nitrogens with zero attached hydrogens (tertiary/aromatic N) is 1. The number of amides is 1. The summed E-state index contributed by atoms with van der Waals surface area (Å²) in [5.41, 5.74) is -4.33. The molecule has 1 N–H and O–H groups in total. The van der Waals surface area contributed by atoms with Gasteiger partial charge in [-0.2, -0.15) is 13.2 Å². The number of carbonyl (C=O) groups is 1. The van der Waals surface area contributed by atoms with Crippen LogP contribution in [0, 0.1) is 0 Å². The summed E-state index contributed by atoms with van der Waals surface area (Å²) >= 11 is -0.263. The molecule has 1 rings (SSSR count). The topological polar surface area (TPSA) is 32.3 Å². The summed E-state index contributed by atoms with van der Waals surface area (Å²) < 4.78 is 35.8. The fourth-order valence-electron chi connectivity index (χ4n) is 1.84. The minimum atomic E-state index is -4.33. The first-order chi connectivity index (χ1) is 7.44. The molecule has 1 aliphatic rings. The minimum absolute atomic E-state index is 0.0475. The number of alkyl halides is 3. The van der Waals surface area contributed by atoms with Gasteiger partial charge in [-0.05, 0) is 31.7 Å². The van der Waals surface area contributed by atoms with Crippen LogP contribution >= 0.6 is 11.8 Å². The molecule has 1 atom stereocenters. The second kappa shape index (κ2) is 5.77. The number of likely N-dealkylation sites (N-methyl/N-ethyl adjacent to an activating group) is 1. The summed E-state index contributed by atoms with van der Waals surface area (Å²) in [5, 5.41) is 2.94. The number of hydrogen-bond donors (Lipinski definition) is 1. The van der Waals surface area contributed by atoms with Crippen molar-refractivity contribution in [3.05, 3.63) is 0 Å². The van der Waals surface area contributed by atoms with Crippen LogP contribution in [0.2, 0.25) is 0 Å². The zero-order valence-corrected chi connectivity index (χ0v) is 9.83. The monoisotopic (exact) mass is 256 g/mol. The van der Waals surface area contributed by atoms with Crippen LogP contribution in [0.3, 0.4) is 0 Å². The van der Waals surface area contributed by atoms with Crippen LogP contribution in [0.25, 0.3) is 0 Å². The zero-order valence-electron chi connectivity index (χ0n) is 9.01. The lowest BCUT2D eigenvalue weighted by atomic mass is 10.2. The van der Waals surface area contributed by atoms with Crippen LogP contribution in [0.5, 0.6) is 0 Å². The van der Waals surface area contributed by atoms with Crippen molar-refractivity contribution in [3.8, 4) is 0 Å². The number of halogens is 3. The Morgan fingerprint density at radius 3 is 2.81 bits per heavy atom. The molecule has 1 fully saturated rings. The lowest BCUT2D eigenvalue weighted by Gasteiger charge is -2.24. The van der Waals surface area contributed by atoms with E-state index in [-0.39, 0.29) is 17.8 Å². The maximum Gasteiger partial charge on any atom is 0.442 e. The molecule has 94 valence electrons. The van der Waals surface area contributed by atoms with Crippen LogP contribution in [-0.4, -0.2) is 48.2 Å². The molecule has 16 heavy (non-hydrogen) atoms. The van der Waals surface area contributed by atoms with Crippen molar-refractivity contribution < 1.29 is 18.0 Å². The quantitative estimate of drug-likeness (QED) is 0.826. The van der Waals surface area contributed by atoms with Crippen molar-refractivity contribution in [2.24, 2.45) is 0 Å². The first kappa shape index (κ1) is 13.6. The third-order valence-corrected chi connectivity index (χ3v) is 3.22. The second-order valence-electron chi connectivity index (χ2n) is 3.68. The van der Waals surface area contributed by atoms with E-state index in [0.717, 1.165) is 12.8 Å². The fraction of sp³-hybridized carbons (Fsp3) is 0.889. The Labute approximate surface area is 96.7 Å². The van der Waals surface area contributed by atoms with Crippen LogP contribution in [0.15, 0.2) is 0 Å². The van der Waals surface area contributed by atoms with E-state index in [0.29, 0.717) is 13.1 Å². The minimum Gasteiger partial charge on any atom is -0.338 e. The third-order valence-electron chi connectivity index (χ3n) is 2.50. The highest BCUT2D eigenvalue weighted by molar-refractivity contribution is 8.00.